The minimum atomic E-state index is 0.245. The molecule has 5 heteroatoms. The van der Waals surface area contributed by atoms with Crippen molar-refractivity contribution >= 4 is 5.96 Å². The monoisotopic (exact) mass is 355 g/mol. The van der Waals surface area contributed by atoms with Gasteiger partial charge in [0.2, 0.25) is 0 Å². The van der Waals surface area contributed by atoms with Crippen LogP contribution in [0.5, 0.6) is 0 Å². The van der Waals surface area contributed by atoms with E-state index in [9.17, 15) is 5.11 Å². The van der Waals surface area contributed by atoms with Crippen molar-refractivity contribution in [2.75, 3.05) is 32.8 Å². The van der Waals surface area contributed by atoms with E-state index in [0.717, 1.165) is 51.5 Å². The summed E-state index contributed by atoms with van der Waals surface area (Å²) >= 11 is 0. The molecule has 0 spiro atoms. The zero-order valence-electron chi connectivity index (χ0n) is 16.7. The highest BCUT2D eigenvalue weighted by molar-refractivity contribution is 5.79. The fraction of sp³-hybridized carbons (Fsp3) is 0.950. The highest BCUT2D eigenvalue weighted by atomic mass is 16.5. The molecule has 0 aliphatic heterocycles. The second-order valence-corrected chi connectivity index (χ2v) is 7.64. The lowest BCUT2D eigenvalue weighted by molar-refractivity contribution is 0.0277. The van der Waals surface area contributed by atoms with Gasteiger partial charge in [0.1, 0.15) is 0 Å². The van der Waals surface area contributed by atoms with E-state index in [1.54, 1.807) is 0 Å². The predicted octanol–water partition coefficient (Wildman–Crippen LogP) is 3.33. The van der Waals surface area contributed by atoms with Crippen LogP contribution >= 0.6 is 0 Å². The van der Waals surface area contributed by atoms with Crippen molar-refractivity contribution in [3.8, 4) is 0 Å². The summed E-state index contributed by atoms with van der Waals surface area (Å²) in [5.74, 6) is 1.97. The third-order valence-electron chi connectivity index (χ3n) is 4.71. The summed E-state index contributed by atoms with van der Waals surface area (Å²) in [6, 6.07) is 0. The maximum Gasteiger partial charge on any atom is 0.191 e. The van der Waals surface area contributed by atoms with Gasteiger partial charge in [-0.25, -0.2) is 0 Å². The quantitative estimate of drug-likeness (QED) is 0.285. The third-order valence-corrected chi connectivity index (χ3v) is 4.71. The van der Waals surface area contributed by atoms with Gasteiger partial charge in [0.05, 0.1) is 6.10 Å². The summed E-state index contributed by atoms with van der Waals surface area (Å²) < 4.78 is 5.97. The molecule has 1 saturated carbocycles. The largest absolute Gasteiger partial charge is 0.396 e. The summed E-state index contributed by atoms with van der Waals surface area (Å²) in [5.41, 5.74) is 0. The zero-order chi connectivity index (χ0) is 18.3. The lowest BCUT2D eigenvalue weighted by Crippen LogP contribution is -2.38. The Hall–Kier alpha value is -0.810. The van der Waals surface area contributed by atoms with Gasteiger partial charge in [-0.05, 0) is 50.9 Å². The van der Waals surface area contributed by atoms with Gasteiger partial charge >= 0.3 is 0 Å². The SMILES string of the molecule is CCNC(=NCC(CCO)CC(C)C)NCCCOC1CCCCC1. The van der Waals surface area contributed by atoms with Crippen LogP contribution in [-0.4, -0.2) is 50.0 Å². The van der Waals surface area contributed by atoms with Gasteiger partial charge in [0, 0.05) is 32.8 Å². The highest BCUT2D eigenvalue weighted by Gasteiger charge is 2.13. The van der Waals surface area contributed by atoms with E-state index in [2.05, 4.69) is 31.4 Å². The minimum Gasteiger partial charge on any atom is -0.396 e. The predicted molar refractivity (Wildman–Crippen MR) is 106 cm³/mol. The summed E-state index contributed by atoms with van der Waals surface area (Å²) in [6.45, 7) is 10.1. The maximum absolute atomic E-state index is 9.23. The third kappa shape index (κ3) is 11.4. The summed E-state index contributed by atoms with van der Waals surface area (Å²) in [4.78, 5) is 4.72. The summed E-state index contributed by atoms with van der Waals surface area (Å²) in [5, 5.41) is 15.9. The number of guanidine groups is 1. The van der Waals surface area contributed by atoms with E-state index in [1.165, 1.54) is 32.1 Å². The molecule has 5 nitrogen and oxygen atoms in total. The Balaban J connectivity index is 2.26. The number of aliphatic hydroxyl groups is 1. The first-order valence-corrected chi connectivity index (χ1v) is 10.4. The van der Waals surface area contributed by atoms with Gasteiger partial charge in [0.15, 0.2) is 5.96 Å². The van der Waals surface area contributed by atoms with Gasteiger partial charge in [-0.3, -0.25) is 4.99 Å². The molecule has 3 N–H and O–H groups in total. The van der Waals surface area contributed by atoms with Crippen LogP contribution < -0.4 is 10.6 Å². The normalized spacial score (nSPS) is 17.7. The molecule has 0 aromatic rings. The molecule has 0 radical (unpaired) electrons. The van der Waals surface area contributed by atoms with E-state index in [-0.39, 0.29) is 6.61 Å². The number of nitrogens with one attached hydrogen (secondary N) is 2. The molecule has 1 aliphatic carbocycles. The number of aliphatic hydroxyl groups excluding tert-OH is 1. The van der Waals surface area contributed by atoms with Gasteiger partial charge in [-0.15, -0.1) is 0 Å². The van der Waals surface area contributed by atoms with Crippen molar-refractivity contribution in [2.24, 2.45) is 16.8 Å². The molecule has 1 atom stereocenters. The number of nitrogens with zero attached hydrogens (tertiary/aromatic N) is 1. The van der Waals surface area contributed by atoms with Crippen molar-refractivity contribution in [3.05, 3.63) is 0 Å². The first-order chi connectivity index (χ1) is 12.2. The van der Waals surface area contributed by atoms with Crippen molar-refractivity contribution in [1.82, 2.24) is 10.6 Å². The summed E-state index contributed by atoms with van der Waals surface area (Å²) in [6.07, 6.45) is 9.93. The van der Waals surface area contributed by atoms with Gasteiger partial charge in [-0.1, -0.05) is 33.1 Å². The second-order valence-electron chi connectivity index (χ2n) is 7.64. The van der Waals surface area contributed by atoms with Gasteiger partial charge < -0.3 is 20.5 Å². The zero-order valence-corrected chi connectivity index (χ0v) is 16.7. The molecule has 0 bridgehead atoms. The standard InChI is InChI=1S/C20H41N3O2/c1-4-21-20(23-16-18(11-13-24)15-17(2)3)22-12-8-14-25-19-9-6-5-7-10-19/h17-19,24H,4-16H2,1-3H3,(H2,21,22,23). The van der Waals surface area contributed by atoms with Crippen LogP contribution in [0.3, 0.4) is 0 Å². The molecule has 148 valence electrons. The fourth-order valence-electron chi connectivity index (χ4n) is 3.46. The molecule has 0 saturated heterocycles. The Bertz CT molecular complexity index is 342. The fourth-order valence-corrected chi connectivity index (χ4v) is 3.46. The Morgan fingerprint density at radius 3 is 2.60 bits per heavy atom. The molecule has 25 heavy (non-hydrogen) atoms. The van der Waals surface area contributed by atoms with Crippen molar-refractivity contribution < 1.29 is 9.84 Å². The molecular weight excluding hydrogens is 314 g/mol. The molecule has 1 unspecified atom stereocenters. The molecule has 0 aromatic heterocycles. The average Bonchev–Trinajstić information content (AvgIpc) is 2.59. The Kier molecular flexibility index (Phi) is 12.8. The second kappa shape index (κ2) is 14.4. The molecule has 1 rings (SSSR count). The summed E-state index contributed by atoms with van der Waals surface area (Å²) in [7, 11) is 0. The Morgan fingerprint density at radius 1 is 1.20 bits per heavy atom. The Morgan fingerprint density at radius 2 is 1.96 bits per heavy atom. The number of ether oxygens (including phenoxy) is 1. The number of aliphatic imine (C=N–C) groups is 1. The van der Waals surface area contributed by atoms with Crippen LogP contribution in [-0.2, 0) is 4.74 Å². The molecule has 0 heterocycles. The Labute approximate surface area is 155 Å². The lowest BCUT2D eigenvalue weighted by Gasteiger charge is -2.22. The van der Waals surface area contributed by atoms with E-state index in [4.69, 9.17) is 9.73 Å². The molecular formula is C20H41N3O2. The maximum atomic E-state index is 9.23. The van der Waals surface area contributed by atoms with Gasteiger partial charge in [-0.2, -0.15) is 0 Å². The first kappa shape index (κ1) is 22.2. The van der Waals surface area contributed by atoms with Crippen LogP contribution in [0, 0.1) is 11.8 Å². The van der Waals surface area contributed by atoms with Crippen LogP contribution in [0.4, 0.5) is 0 Å². The minimum absolute atomic E-state index is 0.245. The van der Waals surface area contributed by atoms with Gasteiger partial charge in [0.25, 0.3) is 0 Å². The lowest BCUT2D eigenvalue weighted by atomic mass is 9.94. The average molecular weight is 356 g/mol. The van der Waals surface area contributed by atoms with Crippen LogP contribution in [0.25, 0.3) is 0 Å². The van der Waals surface area contributed by atoms with Crippen LogP contribution in [0.15, 0.2) is 4.99 Å². The number of rotatable bonds is 12. The van der Waals surface area contributed by atoms with Crippen molar-refractivity contribution in [3.63, 3.8) is 0 Å². The smallest absolute Gasteiger partial charge is 0.191 e. The molecule has 1 fully saturated rings. The molecule has 1 aliphatic rings. The first-order valence-electron chi connectivity index (χ1n) is 10.4. The van der Waals surface area contributed by atoms with Crippen LogP contribution in [0.1, 0.15) is 72.1 Å². The van der Waals surface area contributed by atoms with E-state index >= 15 is 0 Å². The number of hydrogen-bond acceptors (Lipinski definition) is 3. The molecule has 0 aromatic carbocycles. The molecule has 0 amide bonds. The topological polar surface area (TPSA) is 65.9 Å². The van der Waals surface area contributed by atoms with Crippen LogP contribution in [0.2, 0.25) is 0 Å². The van der Waals surface area contributed by atoms with E-state index in [1.807, 2.05) is 0 Å². The van der Waals surface area contributed by atoms with E-state index in [0.29, 0.717) is 17.9 Å². The van der Waals surface area contributed by atoms with Crippen molar-refractivity contribution in [1.29, 1.82) is 0 Å². The van der Waals surface area contributed by atoms with E-state index < -0.39 is 0 Å². The number of hydrogen-bond donors (Lipinski definition) is 3. The highest BCUT2D eigenvalue weighted by Crippen LogP contribution is 2.20. The van der Waals surface area contributed by atoms with Crippen molar-refractivity contribution in [2.45, 2.75) is 78.2 Å².